The van der Waals surface area contributed by atoms with E-state index >= 15 is 0 Å². The third kappa shape index (κ3) is 7.80. The van der Waals surface area contributed by atoms with Crippen molar-refractivity contribution in [1.82, 2.24) is 0 Å². The van der Waals surface area contributed by atoms with E-state index in [1.54, 1.807) is 0 Å². The molecule has 6 heteroatoms. The van der Waals surface area contributed by atoms with Gasteiger partial charge in [0.2, 0.25) is 0 Å². The van der Waals surface area contributed by atoms with E-state index in [2.05, 4.69) is 0 Å². The molecule has 1 heterocycles. The lowest BCUT2D eigenvalue weighted by molar-refractivity contribution is -0.157. The number of carbonyl (C=O) groups is 3. The van der Waals surface area contributed by atoms with Crippen molar-refractivity contribution < 1.29 is 28.6 Å². The van der Waals surface area contributed by atoms with Gasteiger partial charge in [0.1, 0.15) is 13.2 Å². The molecule has 2 atom stereocenters. The zero-order chi connectivity index (χ0) is 20.2. The van der Waals surface area contributed by atoms with Crippen molar-refractivity contribution in [2.45, 2.75) is 84.0 Å². The van der Waals surface area contributed by atoms with E-state index in [1.165, 1.54) is 0 Å². The molecule has 2 fully saturated rings. The summed E-state index contributed by atoms with van der Waals surface area (Å²) < 4.78 is 16.1. The number of esters is 3. The predicted molar refractivity (Wildman–Crippen MR) is 104 cm³/mol. The van der Waals surface area contributed by atoms with Crippen molar-refractivity contribution in [2.75, 3.05) is 19.8 Å². The lowest BCUT2D eigenvalue weighted by Gasteiger charge is -2.20. The summed E-state index contributed by atoms with van der Waals surface area (Å²) in [6, 6.07) is 0. The highest BCUT2D eigenvalue weighted by Crippen LogP contribution is 2.27. The van der Waals surface area contributed by atoms with Gasteiger partial charge in [0, 0.05) is 0 Å². The molecule has 6 nitrogen and oxygen atoms in total. The molecule has 2 unspecified atom stereocenters. The van der Waals surface area contributed by atoms with Crippen LogP contribution >= 0.6 is 0 Å². The first-order chi connectivity index (χ1) is 13.6. The van der Waals surface area contributed by atoms with Crippen molar-refractivity contribution in [3.63, 3.8) is 0 Å². The average Bonchev–Trinajstić information content (AvgIpc) is 2.70. The maximum Gasteiger partial charge on any atom is 0.309 e. The van der Waals surface area contributed by atoms with Crippen LogP contribution in [0.3, 0.4) is 0 Å². The van der Waals surface area contributed by atoms with Crippen LogP contribution < -0.4 is 0 Å². The molecule has 2 bridgehead atoms. The number of hydrogen-bond donors (Lipinski definition) is 0. The Morgan fingerprint density at radius 1 is 0.821 bits per heavy atom. The summed E-state index contributed by atoms with van der Waals surface area (Å²) in [6.45, 7) is 2.67. The van der Waals surface area contributed by atoms with Gasteiger partial charge in [0.05, 0.1) is 24.4 Å². The summed E-state index contributed by atoms with van der Waals surface area (Å²) in [4.78, 5) is 37.3. The van der Waals surface area contributed by atoms with Crippen molar-refractivity contribution in [3.8, 4) is 0 Å². The third-order valence-electron chi connectivity index (χ3n) is 5.84. The van der Waals surface area contributed by atoms with Crippen molar-refractivity contribution in [1.29, 1.82) is 0 Å². The van der Waals surface area contributed by atoms with Crippen molar-refractivity contribution >= 4 is 17.9 Å². The second kappa shape index (κ2) is 12.8. The van der Waals surface area contributed by atoms with Gasteiger partial charge >= 0.3 is 17.9 Å². The molecular formula is C22H36O6. The molecule has 1 saturated carbocycles. The molecule has 0 aromatic carbocycles. The number of rotatable bonds is 3. The molecule has 1 saturated heterocycles. The standard InChI is InChI=1S/C22H36O6/c1-2-14-26-20(23)19-12-6-10-17-8-4-3-5-9-18(11-7-13-19)22(25)28-16-15-27-21(17)24/h17-19H,2-16H2,1H3. The number of ether oxygens (including phenoxy) is 3. The monoisotopic (exact) mass is 396 g/mol. The van der Waals surface area contributed by atoms with Crippen molar-refractivity contribution in [2.24, 2.45) is 17.8 Å². The molecule has 1 aliphatic carbocycles. The molecule has 0 spiro atoms. The predicted octanol–water partition coefficient (Wildman–Crippen LogP) is 4.19. The highest BCUT2D eigenvalue weighted by Gasteiger charge is 2.27. The average molecular weight is 397 g/mol. The second-order valence-corrected chi connectivity index (χ2v) is 8.09. The highest BCUT2D eigenvalue weighted by molar-refractivity contribution is 5.74. The van der Waals surface area contributed by atoms with Crippen LogP contribution in [0.2, 0.25) is 0 Å². The zero-order valence-corrected chi connectivity index (χ0v) is 17.3. The fraction of sp³-hybridized carbons (Fsp3) is 0.864. The van der Waals surface area contributed by atoms with E-state index in [9.17, 15) is 14.4 Å². The minimum absolute atomic E-state index is 0.125. The molecule has 0 amide bonds. The third-order valence-corrected chi connectivity index (χ3v) is 5.84. The first-order valence-electron chi connectivity index (χ1n) is 11.1. The fourth-order valence-corrected chi connectivity index (χ4v) is 4.16. The van der Waals surface area contributed by atoms with Crippen LogP contribution in [-0.4, -0.2) is 37.7 Å². The minimum Gasteiger partial charge on any atom is -0.465 e. The van der Waals surface area contributed by atoms with Gasteiger partial charge in [-0.3, -0.25) is 14.4 Å². The van der Waals surface area contributed by atoms with E-state index in [0.717, 1.165) is 77.0 Å². The van der Waals surface area contributed by atoms with Crippen LogP contribution in [0.15, 0.2) is 0 Å². The molecule has 0 N–H and O–H groups in total. The van der Waals surface area contributed by atoms with Gasteiger partial charge in [0.25, 0.3) is 0 Å². The molecule has 2 aliphatic rings. The van der Waals surface area contributed by atoms with Crippen LogP contribution in [-0.2, 0) is 28.6 Å². The number of cyclic esters (lactones) is 2. The van der Waals surface area contributed by atoms with Crippen LogP contribution in [0.5, 0.6) is 0 Å². The van der Waals surface area contributed by atoms with E-state index in [0.29, 0.717) is 6.61 Å². The molecule has 160 valence electrons. The normalized spacial score (nSPS) is 28.5. The van der Waals surface area contributed by atoms with Gasteiger partial charge < -0.3 is 14.2 Å². The largest absolute Gasteiger partial charge is 0.465 e. The summed E-state index contributed by atoms with van der Waals surface area (Å²) in [7, 11) is 0. The maximum absolute atomic E-state index is 12.4. The van der Waals surface area contributed by atoms with Crippen LogP contribution in [0.1, 0.15) is 84.0 Å². The van der Waals surface area contributed by atoms with Crippen LogP contribution in [0, 0.1) is 17.8 Å². The Morgan fingerprint density at radius 2 is 1.32 bits per heavy atom. The van der Waals surface area contributed by atoms with Crippen LogP contribution in [0.25, 0.3) is 0 Å². The first-order valence-corrected chi connectivity index (χ1v) is 11.1. The Hall–Kier alpha value is -1.59. The molecule has 28 heavy (non-hydrogen) atoms. The maximum atomic E-state index is 12.4. The summed E-state index contributed by atoms with van der Waals surface area (Å²) in [5.74, 6) is -0.979. The summed E-state index contributed by atoms with van der Waals surface area (Å²) in [5.41, 5.74) is 0. The van der Waals surface area contributed by atoms with E-state index < -0.39 is 0 Å². The first kappa shape index (κ1) is 22.7. The highest BCUT2D eigenvalue weighted by atomic mass is 16.6. The summed E-state index contributed by atoms with van der Waals surface area (Å²) in [6.07, 6.45) is 9.90. The molecule has 0 aromatic heterocycles. The Balaban J connectivity index is 2.12. The summed E-state index contributed by atoms with van der Waals surface area (Å²) >= 11 is 0. The van der Waals surface area contributed by atoms with E-state index in [-0.39, 0.29) is 48.9 Å². The van der Waals surface area contributed by atoms with Gasteiger partial charge in [-0.25, -0.2) is 0 Å². The summed E-state index contributed by atoms with van der Waals surface area (Å²) in [5, 5.41) is 0. The smallest absolute Gasteiger partial charge is 0.309 e. The zero-order valence-electron chi connectivity index (χ0n) is 17.3. The number of carbonyl (C=O) groups excluding carboxylic acids is 3. The van der Waals surface area contributed by atoms with Gasteiger partial charge in [-0.2, -0.15) is 0 Å². The quantitative estimate of drug-likeness (QED) is 0.526. The Kier molecular flexibility index (Phi) is 10.4. The SMILES string of the molecule is CCCOC(=O)C1CCCC2CCCCCC(CCC1)C(=O)OCCOC2=O. The Morgan fingerprint density at radius 3 is 1.82 bits per heavy atom. The Bertz CT molecular complexity index is 469. The van der Waals surface area contributed by atoms with Crippen LogP contribution in [0.4, 0.5) is 0 Å². The topological polar surface area (TPSA) is 78.9 Å². The number of hydrogen-bond acceptors (Lipinski definition) is 6. The minimum atomic E-state index is -0.202. The van der Waals surface area contributed by atoms with E-state index in [4.69, 9.17) is 14.2 Å². The second-order valence-electron chi connectivity index (χ2n) is 8.09. The molecule has 0 radical (unpaired) electrons. The van der Waals surface area contributed by atoms with Crippen molar-refractivity contribution in [3.05, 3.63) is 0 Å². The lowest BCUT2D eigenvalue weighted by Crippen LogP contribution is -2.22. The van der Waals surface area contributed by atoms with Gasteiger partial charge in [-0.05, 0) is 44.9 Å². The Labute approximate surface area is 168 Å². The molecule has 2 rings (SSSR count). The molecular weight excluding hydrogens is 360 g/mol. The van der Waals surface area contributed by atoms with Gasteiger partial charge in [0.15, 0.2) is 0 Å². The van der Waals surface area contributed by atoms with Gasteiger partial charge in [-0.1, -0.05) is 39.0 Å². The van der Waals surface area contributed by atoms with Gasteiger partial charge in [-0.15, -0.1) is 0 Å². The lowest BCUT2D eigenvalue weighted by atomic mass is 9.87. The molecule has 0 aromatic rings. The number of fused-ring (bicyclic) bond motifs is 6. The fourth-order valence-electron chi connectivity index (χ4n) is 4.16. The molecule has 1 aliphatic heterocycles. The van der Waals surface area contributed by atoms with E-state index in [1.807, 2.05) is 6.92 Å².